The van der Waals surface area contributed by atoms with Crippen LogP contribution < -0.4 is 16.0 Å². The predicted molar refractivity (Wildman–Crippen MR) is 277 cm³/mol. The van der Waals surface area contributed by atoms with Gasteiger partial charge >= 0.3 is 17.9 Å². The predicted octanol–water partition coefficient (Wildman–Crippen LogP) is 3.29. The van der Waals surface area contributed by atoms with E-state index in [4.69, 9.17) is 23.7 Å². The molecule has 1 heterocycles. The maximum absolute atomic E-state index is 15.3. The van der Waals surface area contributed by atoms with E-state index in [9.17, 15) is 43.2 Å². The molecule has 1 aromatic rings. The van der Waals surface area contributed by atoms with Gasteiger partial charge < -0.3 is 54.3 Å². The number of nitrogens with zero attached hydrogens (tertiary/aromatic N) is 3. The minimum Gasteiger partial charge on any atom is -0.459 e. The molecule has 21 heteroatoms. The van der Waals surface area contributed by atoms with E-state index in [0.29, 0.717) is 5.56 Å². The number of carbonyl (C=O) groups is 10. The molecule has 6 amide bonds. The Morgan fingerprint density at radius 2 is 1.40 bits per heavy atom. The number of cyclic esters (lactones) is 2. The van der Waals surface area contributed by atoms with Gasteiger partial charge in [0, 0.05) is 54.4 Å². The van der Waals surface area contributed by atoms with E-state index in [0.717, 1.165) is 21.6 Å². The van der Waals surface area contributed by atoms with E-state index in [1.54, 1.807) is 85.7 Å². The van der Waals surface area contributed by atoms with Gasteiger partial charge in [-0.3, -0.25) is 38.4 Å². The smallest absolute Gasteiger partial charge is 0.333 e. The lowest BCUT2D eigenvalue weighted by molar-refractivity contribution is -0.179. The number of ether oxygens (including phenoxy) is 5. The summed E-state index contributed by atoms with van der Waals surface area (Å²) in [6.07, 6.45) is -7.11. The first kappa shape index (κ1) is 64.9. The molecule has 0 aromatic heterocycles. The summed E-state index contributed by atoms with van der Waals surface area (Å²) in [4.78, 5) is 145. The summed E-state index contributed by atoms with van der Waals surface area (Å²) < 4.78 is 30.2. The van der Waals surface area contributed by atoms with Gasteiger partial charge in [-0.1, -0.05) is 85.4 Å². The van der Waals surface area contributed by atoms with E-state index < -0.39 is 143 Å². The van der Waals surface area contributed by atoms with Crippen LogP contribution in [0.4, 0.5) is 0 Å². The number of benzene rings is 1. The molecule has 1 aliphatic heterocycles. The number of nitrogens with one attached hydrogen (secondary N) is 3. The number of amides is 6. The molecule has 0 bridgehead atoms. The molecule has 0 unspecified atom stereocenters. The molecule has 0 aliphatic carbocycles. The highest BCUT2D eigenvalue weighted by Gasteiger charge is 2.47. The third-order valence-electron chi connectivity index (χ3n) is 13.0. The van der Waals surface area contributed by atoms with Gasteiger partial charge in [-0.05, 0) is 64.9 Å². The molecule has 0 saturated carbocycles. The molecular formula is C54H84N6O15. The van der Waals surface area contributed by atoms with Crippen molar-refractivity contribution in [1.82, 2.24) is 30.7 Å². The Labute approximate surface area is 442 Å². The molecule has 0 spiro atoms. The summed E-state index contributed by atoms with van der Waals surface area (Å²) in [6, 6.07) is 0.493. The summed E-state index contributed by atoms with van der Waals surface area (Å²) >= 11 is 0. The van der Waals surface area contributed by atoms with Crippen molar-refractivity contribution in [2.24, 2.45) is 23.7 Å². The Bertz CT molecular complexity index is 2210. The van der Waals surface area contributed by atoms with E-state index in [-0.39, 0.29) is 31.0 Å². The molecule has 0 radical (unpaired) electrons. The van der Waals surface area contributed by atoms with Crippen LogP contribution in [0, 0.1) is 23.7 Å². The number of hydrogen-bond donors (Lipinski definition) is 3. The Morgan fingerprint density at radius 3 is 1.89 bits per heavy atom. The van der Waals surface area contributed by atoms with Crippen molar-refractivity contribution in [3.63, 3.8) is 0 Å². The molecule has 1 aromatic carbocycles. The highest BCUT2D eigenvalue weighted by atomic mass is 16.6. The number of hydrogen-bond acceptors (Lipinski definition) is 15. The number of esters is 3. The Balaban J connectivity index is 3.01. The minimum atomic E-state index is -1.81. The van der Waals surface area contributed by atoms with Crippen LogP contribution >= 0.6 is 0 Å². The lowest BCUT2D eigenvalue weighted by Crippen LogP contribution is -2.63. The number of carbonyl (C=O) groups excluding carboxylic acids is 10. The van der Waals surface area contributed by atoms with Crippen molar-refractivity contribution in [2.45, 2.75) is 183 Å². The lowest BCUT2D eigenvalue weighted by Gasteiger charge is -2.39. The molecule has 1 saturated heterocycles. The van der Waals surface area contributed by atoms with Crippen LogP contribution in [0.5, 0.6) is 0 Å². The van der Waals surface area contributed by atoms with Crippen molar-refractivity contribution in [1.29, 1.82) is 0 Å². The van der Waals surface area contributed by atoms with Crippen LogP contribution in [0.3, 0.4) is 0 Å². The first-order valence-corrected chi connectivity index (χ1v) is 25.5. The standard InChI is InChI=1S/C54H84N6O15/c1-20-37(62)27-38(43(28(2)3)75-54(13,14)15)51(68)73-44(29(4)5)40-50(67)60(18)42(34(11)71-19)53(70)74-45(30(6)7)41(56-35(12)61)52(69)72-39(26-36-24-22-21-23-25-36)49(66)59(17)32(9)46(63)55-31(8)48(65)58(16)33(10)47(64)57-40/h21-25,28-31,33-34,38-45H,9,20,26-27H2,1-8,10-19H3,(H,55,63)(H,56,61)(H,57,64)/t31-,33-,34+,38-,39+,40-,41-,42-,43+,44+,45+/m0/s1. The quantitative estimate of drug-likeness (QED) is 0.122. The topological polar surface area (TPSA) is 263 Å². The summed E-state index contributed by atoms with van der Waals surface area (Å²) in [6.45, 7) is 26.2. The van der Waals surface area contributed by atoms with Crippen LogP contribution in [0.1, 0.15) is 115 Å². The highest BCUT2D eigenvalue weighted by molar-refractivity contribution is 6.01. The fourth-order valence-corrected chi connectivity index (χ4v) is 8.36. The number of methoxy groups -OCH3 is 1. The summed E-state index contributed by atoms with van der Waals surface area (Å²) in [5.41, 5.74) is -0.687. The third kappa shape index (κ3) is 18.2. The molecular weight excluding hydrogens is 973 g/mol. The van der Waals surface area contributed by atoms with Crippen molar-refractivity contribution in [3.8, 4) is 0 Å². The maximum atomic E-state index is 15.3. The molecule has 2 rings (SSSR count). The van der Waals surface area contributed by atoms with Crippen LogP contribution in [0.15, 0.2) is 42.6 Å². The second kappa shape index (κ2) is 28.6. The van der Waals surface area contributed by atoms with Crippen LogP contribution in [-0.2, 0) is 78.1 Å². The minimum absolute atomic E-state index is 0.103. The molecule has 1 aliphatic rings. The Kier molecular flexibility index (Phi) is 24.8. The normalized spacial score (nSPS) is 24.3. The van der Waals surface area contributed by atoms with E-state index in [2.05, 4.69) is 22.5 Å². The maximum Gasteiger partial charge on any atom is 0.333 e. The van der Waals surface area contributed by atoms with Gasteiger partial charge in [-0.15, -0.1) is 0 Å². The van der Waals surface area contributed by atoms with Gasteiger partial charge in [-0.2, -0.15) is 0 Å². The molecule has 11 atom stereocenters. The highest BCUT2D eigenvalue weighted by Crippen LogP contribution is 2.30. The zero-order chi connectivity index (χ0) is 57.6. The fourth-order valence-electron chi connectivity index (χ4n) is 8.36. The van der Waals surface area contributed by atoms with E-state index in [1.807, 2.05) is 13.8 Å². The largest absolute Gasteiger partial charge is 0.459 e. The number of Topliss-reactive ketones (excluding diaryl/α,β-unsaturated/α-hetero) is 1. The summed E-state index contributed by atoms with van der Waals surface area (Å²) in [7, 11) is 4.99. The Hall–Kier alpha value is -6.22. The van der Waals surface area contributed by atoms with E-state index in [1.165, 1.54) is 49.0 Å². The molecule has 1 fully saturated rings. The van der Waals surface area contributed by atoms with Gasteiger partial charge in [0.1, 0.15) is 41.8 Å². The fraction of sp³-hybridized carbons (Fsp3) is 0.667. The van der Waals surface area contributed by atoms with Crippen LogP contribution in [-0.4, -0.2) is 168 Å². The Morgan fingerprint density at radius 1 is 0.813 bits per heavy atom. The second-order valence-electron chi connectivity index (χ2n) is 21.2. The molecule has 420 valence electrons. The van der Waals surface area contributed by atoms with Crippen molar-refractivity contribution in [2.75, 3.05) is 28.3 Å². The summed E-state index contributed by atoms with van der Waals surface area (Å²) in [5, 5.41) is 7.66. The molecule has 3 N–H and O–H groups in total. The van der Waals surface area contributed by atoms with Crippen LogP contribution in [0.2, 0.25) is 0 Å². The first-order chi connectivity index (χ1) is 34.7. The average molecular weight is 1060 g/mol. The second-order valence-corrected chi connectivity index (χ2v) is 21.2. The number of rotatable bonds is 16. The van der Waals surface area contributed by atoms with Crippen molar-refractivity contribution in [3.05, 3.63) is 48.2 Å². The first-order valence-electron chi connectivity index (χ1n) is 25.5. The van der Waals surface area contributed by atoms with Crippen LogP contribution in [0.25, 0.3) is 0 Å². The van der Waals surface area contributed by atoms with Gasteiger partial charge in [0.05, 0.1) is 23.7 Å². The summed E-state index contributed by atoms with van der Waals surface area (Å²) in [5.74, 6) is -11.9. The SMILES string of the molecule is C=C1C(=O)N[C@@H](C)C(=O)N(C)[C@@H](C)C(=O)N[C@@H]([C@H](OC(=O)[C@@H](CC(=O)CC)[C@H](OC(C)(C)C)C(C)C)C(C)C)C(=O)N(C)[C@@H]([C@@H](C)OC)C(=O)O[C@H](C(C)C)[C@H](NC(C)=O)C(=O)O[C@H](Cc2ccccc2)C(=O)N1C. The zero-order valence-corrected chi connectivity index (χ0v) is 47.3. The molecule has 21 nitrogen and oxygen atoms in total. The van der Waals surface area contributed by atoms with Gasteiger partial charge in [-0.25, -0.2) is 9.59 Å². The average Bonchev–Trinajstić information content (AvgIpc) is 3.33. The van der Waals surface area contributed by atoms with Gasteiger partial charge in [0.2, 0.25) is 23.6 Å². The third-order valence-corrected chi connectivity index (χ3v) is 13.0. The monoisotopic (exact) mass is 1060 g/mol. The number of ketones is 1. The van der Waals surface area contributed by atoms with E-state index >= 15 is 4.79 Å². The van der Waals surface area contributed by atoms with Gasteiger partial charge in [0.15, 0.2) is 18.2 Å². The van der Waals surface area contributed by atoms with Gasteiger partial charge in [0.25, 0.3) is 11.8 Å². The molecule has 75 heavy (non-hydrogen) atoms. The zero-order valence-electron chi connectivity index (χ0n) is 47.3. The number of likely N-dealkylation sites (N-methyl/N-ethyl adjacent to an activating group) is 3. The van der Waals surface area contributed by atoms with Crippen molar-refractivity contribution < 1.29 is 71.6 Å². The lowest BCUT2D eigenvalue weighted by atomic mass is 9.87. The van der Waals surface area contributed by atoms with Crippen molar-refractivity contribution >= 4 is 59.1 Å².